The monoisotopic (exact) mass is 400 g/mol. The van der Waals surface area contributed by atoms with E-state index in [4.69, 9.17) is 4.98 Å². The number of nitrogens with zero attached hydrogens (tertiary/aromatic N) is 2. The molecule has 4 rings (SSSR count). The van der Waals surface area contributed by atoms with Crippen molar-refractivity contribution >= 4 is 16.6 Å². The Morgan fingerprint density at radius 1 is 0.833 bits per heavy atom. The fourth-order valence-electron chi connectivity index (χ4n) is 5.28. The standard InChI is InChI=1S/C28H36N2/c1-26(2,3)21-15-13-20(14-16-21)24-19-25(22-11-8-9-12-23(22)29-24)30-27(4,5)17-10-18-28(30,6)7/h8-9,11-16,19H,10,17-18H2,1-7H3. The van der Waals surface area contributed by atoms with Gasteiger partial charge in [-0.15, -0.1) is 0 Å². The van der Waals surface area contributed by atoms with Gasteiger partial charge in [-0.3, -0.25) is 0 Å². The van der Waals surface area contributed by atoms with Crippen LogP contribution in [0.2, 0.25) is 0 Å². The van der Waals surface area contributed by atoms with Gasteiger partial charge in [-0.25, -0.2) is 4.98 Å². The average Bonchev–Trinajstić information content (AvgIpc) is 2.66. The Balaban J connectivity index is 1.91. The van der Waals surface area contributed by atoms with E-state index < -0.39 is 0 Å². The maximum Gasteiger partial charge on any atom is 0.0730 e. The molecule has 2 aromatic carbocycles. The second-order valence-electron chi connectivity index (χ2n) is 11.2. The van der Waals surface area contributed by atoms with Crippen LogP contribution in [-0.2, 0) is 5.41 Å². The van der Waals surface area contributed by atoms with Crippen molar-refractivity contribution in [1.82, 2.24) is 4.98 Å². The van der Waals surface area contributed by atoms with Gasteiger partial charge in [0, 0.05) is 27.7 Å². The number of fused-ring (bicyclic) bond motifs is 1. The topological polar surface area (TPSA) is 16.1 Å². The molecule has 0 spiro atoms. The van der Waals surface area contributed by atoms with Crippen LogP contribution in [0.25, 0.3) is 22.2 Å². The third kappa shape index (κ3) is 3.73. The lowest BCUT2D eigenvalue weighted by molar-refractivity contribution is 0.245. The zero-order valence-electron chi connectivity index (χ0n) is 19.7. The van der Waals surface area contributed by atoms with E-state index in [-0.39, 0.29) is 16.5 Å². The number of hydrogen-bond acceptors (Lipinski definition) is 2. The molecule has 30 heavy (non-hydrogen) atoms. The van der Waals surface area contributed by atoms with E-state index in [0.29, 0.717) is 0 Å². The molecule has 3 aromatic rings. The van der Waals surface area contributed by atoms with E-state index in [1.807, 2.05) is 0 Å². The molecule has 0 aliphatic carbocycles. The van der Waals surface area contributed by atoms with E-state index in [2.05, 4.69) is 108 Å². The summed E-state index contributed by atoms with van der Waals surface area (Å²) in [6.07, 6.45) is 3.70. The lowest BCUT2D eigenvalue weighted by Crippen LogP contribution is -2.59. The molecule has 2 nitrogen and oxygen atoms in total. The Hall–Kier alpha value is -2.35. The predicted octanol–water partition coefficient (Wildman–Crippen LogP) is 7.75. The molecule has 1 aromatic heterocycles. The summed E-state index contributed by atoms with van der Waals surface area (Å²) in [7, 11) is 0. The molecular formula is C28H36N2. The van der Waals surface area contributed by atoms with Crippen molar-refractivity contribution in [2.75, 3.05) is 4.90 Å². The molecule has 0 bridgehead atoms. The van der Waals surface area contributed by atoms with Gasteiger partial charge in [-0.1, -0.05) is 63.2 Å². The molecule has 158 valence electrons. The molecule has 1 aliphatic heterocycles. The third-order valence-electron chi connectivity index (χ3n) is 6.77. The zero-order chi connectivity index (χ0) is 21.7. The molecule has 2 heterocycles. The Morgan fingerprint density at radius 2 is 1.43 bits per heavy atom. The Bertz CT molecular complexity index is 1040. The smallest absolute Gasteiger partial charge is 0.0730 e. The highest BCUT2D eigenvalue weighted by atomic mass is 15.3. The van der Waals surface area contributed by atoms with Crippen LogP contribution in [0.3, 0.4) is 0 Å². The van der Waals surface area contributed by atoms with Crippen molar-refractivity contribution < 1.29 is 0 Å². The van der Waals surface area contributed by atoms with Crippen LogP contribution >= 0.6 is 0 Å². The van der Waals surface area contributed by atoms with Crippen LogP contribution < -0.4 is 4.90 Å². The van der Waals surface area contributed by atoms with Crippen LogP contribution in [-0.4, -0.2) is 16.1 Å². The fourth-order valence-corrected chi connectivity index (χ4v) is 5.28. The molecule has 1 aliphatic rings. The van der Waals surface area contributed by atoms with Crippen molar-refractivity contribution in [3.63, 3.8) is 0 Å². The number of piperidine rings is 1. The van der Waals surface area contributed by atoms with E-state index in [0.717, 1.165) is 11.2 Å². The van der Waals surface area contributed by atoms with Gasteiger partial charge in [0.15, 0.2) is 0 Å². The molecular weight excluding hydrogens is 364 g/mol. The van der Waals surface area contributed by atoms with Gasteiger partial charge in [-0.05, 0) is 70.1 Å². The van der Waals surface area contributed by atoms with E-state index >= 15 is 0 Å². The van der Waals surface area contributed by atoms with Crippen molar-refractivity contribution in [3.05, 3.63) is 60.2 Å². The highest BCUT2D eigenvalue weighted by Crippen LogP contribution is 2.45. The number of para-hydroxylation sites is 1. The minimum atomic E-state index is 0.110. The number of anilines is 1. The molecule has 1 saturated heterocycles. The number of benzene rings is 2. The summed E-state index contributed by atoms with van der Waals surface area (Å²) in [4.78, 5) is 7.73. The van der Waals surface area contributed by atoms with E-state index in [9.17, 15) is 0 Å². The van der Waals surface area contributed by atoms with E-state index in [1.54, 1.807) is 0 Å². The second-order valence-corrected chi connectivity index (χ2v) is 11.2. The normalized spacial score (nSPS) is 18.6. The number of hydrogen-bond donors (Lipinski definition) is 0. The van der Waals surface area contributed by atoms with Crippen LogP contribution in [0.1, 0.15) is 73.3 Å². The number of rotatable bonds is 2. The van der Waals surface area contributed by atoms with Crippen molar-refractivity contribution in [2.24, 2.45) is 0 Å². The van der Waals surface area contributed by atoms with Gasteiger partial charge in [0.25, 0.3) is 0 Å². The SMILES string of the molecule is CC(C)(C)c1ccc(-c2cc(N3C(C)(C)CCCC3(C)C)c3ccccc3n2)cc1. The van der Waals surface area contributed by atoms with Gasteiger partial charge in [0.2, 0.25) is 0 Å². The van der Waals surface area contributed by atoms with Crippen LogP contribution in [0.15, 0.2) is 54.6 Å². The maximum absolute atomic E-state index is 5.06. The summed E-state index contributed by atoms with van der Waals surface area (Å²) >= 11 is 0. The summed E-state index contributed by atoms with van der Waals surface area (Å²) in [5.74, 6) is 0. The summed E-state index contributed by atoms with van der Waals surface area (Å²) in [6, 6.07) is 19.9. The van der Waals surface area contributed by atoms with Gasteiger partial charge in [0.1, 0.15) is 0 Å². The minimum absolute atomic E-state index is 0.110. The first-order valence-electron chi connectivity index (χ1n) is 11.3. The molecule has 2 heteroatoms. The summed E-state index contributed by atoms with van der Waals surface area (Å²) in [5, 5.41) is 1.25. The van der Waals surface area contributed by atoms with Gasteiger partial charge < -0.3 is 4.90 Å². The third-order valence-corrected chi connectivity index (χ3v) is 6.77. The molecule has 0 radical (unpaired) electrons. The second kappa shape index (κ2) is 7.11. The average molecular weight is 401 g/mol. The van der Waals surface area contributed by atoms with Crippen molar-refractivity contribution in [1.29, 1.82) is 0 Å². The summed E-state index contributed by atoms with van der Waals surface area (Å²) < 4.78 is 0. The van der Waals surface area contributed by atoms with Crippen LogP contribution in [0.4, 0.5) is 5.69 Å². The molecule has 0 N–H and O–H groups in total. The van der Waals surface area contributed by atoms with Crippen LogP contribution in [0.5, 0.6) is 0 Å². The molecule has 1 fully saturated rings. The lowest BCUT2D eigenvalue weighted by Gasteiger charge is -2.55. The summed E-state index contributed by atoms with van der Waals surface area (Å²) in [5.41, 5.74) is 6.35. The van der Waals surface area contributed by atoms with Crippen molar-refractivity contribution in [2.45, 2.75) is 84.2 Å². The van der Waals surface area contributed by atoms with E-state index in [1.165, 1.54) is 41.5 Å². The molecule has 0 amide bonds. The first-order chi connectivity index (χ1) is 14.0. The summed E-state index contributed by atoms with van der Waals surface area (Å²) in [6.45, 7) is 16.3. The van der Waals surface area contributed by atoms with Crippen LogP contribution in [0, 0.1) is 0 Å². The van der Waals surface area contributed by atoms with Crippen molar-refractivity contribution in [3.8, 4) is 11.3 Å². The molecule has 0 unspecified atom stereocenters. The Labute approximate surface area is 182 Å². The Morgan fingerprint density at radius 3 is 2.03 bits per heavy atom. The predicted molar refractivity (Wildman–Crippen MR) is 130 cm³/mol. The van der Waals surface area contributed by atoms with Gasteiger partial charge >= 0.3 is 0 Å². The first kappa shape index (κ1) is 20.9. The first-order valence-corrected chi connectivity index (χ1v) is 11.3. The molecule has 0 saturated carbocycles. The number of aromatic nitrogens is 1. The molecule has 0 atom stereocenters. The fraction of sp³-hybridized carbons (Fsp3) is 0.464. The largest absolute Gasteiger partial charge is 0.361 e. The highest BCUT2D eigenvalue weighted by Gasteiger charge is 2.42. The van der Waals surface area contributed by atoms with Gasteiger partial charge in [-0.2, -0.15) is 0 Å². The quantitative estimate of drug-likeness (QED) is 0.437. The number of pyridine rings is 1. The minimum Gasteiger partial charge on any atom is -0.361 e. The Kier molecular flexibility index (Phi) is 4.96. The zero-order valence-corrected chi connectivity index (χ0v) is 19.7. The van der Waals surface area contributed by atoms with Gasteiger partial charge in [0.05, 0.1) is 11.2 Å². The lowest BCUT2D eigenvalue weighted by atomic mass is 9.79. The highest BCUT2D eigenvalue weighted by molar-refractivity contribution is 5.95. The maximum atomic E-state index is 5.06.